The molecule has 1 saturated carbocycles. The fraction of sp³-hybridized carbons (Fsp3) is 0.429. The highest BCUT2D eigenvalue weighted by Gasteiger charge is 2.36. The summed E-state index contributed by atoms with van der Waals surface area (Å²) in [5.41, 5.74) is 5.28. The van der Waals surface area contributed by atoms with Crippen LogP contribution in [-0.4, -0.2) is 16.6 Å². The van der Waals surface area contributed by atoms with Gasteiger partial charge in [0.1, 0.15) is 5.82 Å². The summed E-state index contributed by atoms with van der Waals surface area (Å²) in [6.07, 6.45) is 4.51. The molecule has 2 rings (SSSR count). The Balaban J connectivity index is 2.06. The van der Waals surface area contributed by atoms with Crippen LogP contribution in [0, 0.1) is 5.82 Å². The van der Waals surface area contributed by atoms with Gasteiger partial charge in [-0.15, -0.1) is 0 Å². The van der Waals surface area contributed by atoms with Crippen LogP contribution in [0.1, 0.15) is 32.1 Å². The Morgan fingerprint density at radius 2 is 1.90 bits per heavy atom. The van der Waals surface area contributed by atoms with Crippen LogP contribution in [0.2, 0.25) is 0 Å². The average molecular weight is 295 g/mol. The van der Waals surface area contributed by atoms with Gasteiger partial charge in [-0.25, -0.2) is 9.18 Å². The van der Waals surface area contributed by atoms with Crippen LogP contribution in [0.25, 0.3) is 0 Å². The molecule has 2 amide bonds. The predicted octanol–water partition coefficient (Wildman–Crippen LogP) is 2.94. The fourth-order valence-corrected chi connectivity index (χ4v) is 2.78. The van der Waals surface area contributed by atoms with Crippen LogP contribution < -0.4 is 16.4 Å². The van der Waals surface area contributed by atoms with E-state index >= 15 is 0 Å². The van der Waals surface area contributed by atoms with E-state index in [1.165, 1.54) is 12.1 Å². The Kier molecular flexibility index (Phi) is 4.54. The minimum atomic E-state index is -0.650. The standard InChI is InChI=1S/C14H18FN3OS/c15-10-6-2-3-7-11(10)17-13(19)18-14(12(16)20)8-4-1-5-9-14/h2-3,6-7H,1,4-5,8-9H2,(H2,16,20)(H2,17,18,19). The molecule has 1 aliphatic rings. The topological polar surface area (TPSA) is 67.1 Å². The van der Waals surface area contributed by atoms with Crippen molar-refractivity contribution in [2.75, 3.05) is 5.32 Å². The van der Waals surface area contributed by atoms with E-state index in [-0.39, 0.29) is 5.69 Å². The van der Waals surface area contributed by atoms with Crippen LogP contribution in [0.15, 0.2) is 24.3 Å². The van der Waals surface area contributed by atoms with Crippen molar-refractivity contribution in [3.63, 3.8) is 0 Å². The Bertz CT molecular complexity index is 515. The van der Waals surface area contributed by atoms with Crippen molar-refractivity contribution in [3.8, 4) is 0 Å². The number of thiocarbonyl (C=S) groups is 1. The normalized spacial score (nSPS) is 17.2. The first-order valence-corrected chi connectivity index (χ1v) is 7.08. The highest BCUT2D eigenvalue weighted by atomic mass is 32.1. The summed E-state index contributed by atoms with van der Waals surface area (Å²) >= 11 is 5.10. The SMILES string of the molecule is NC(=S)C1(NC(=O)Nc2ccccc2F)CCCCC1. The zero-order chi connectivity index (χ0) is 14.6. The molecule has 0 aliphatic heterocycles. The number of hydrogen-bond acceptors (Lipinski definition) is 2. The van der Waals surface area contributed by atoms with Gasteiger partial charge in [0.05, 0.1) is 16.2 Å². The molecule has 0 heterocycles. The Morgan fingerprint density at radius 1 is 1.25 bits per heavy atom. The van der Waals surface area contributed by atoms with Crippen LogP contribution >= 0.6 is 12.2 Å². The van der Waals surface area contributed by atoms with E-state index in [1.807, 2.05) is 0 Å². The summed E-state index contributed by atoms with van der Waals surface area (Å²) in [5.74, 6) is -0.476. The van der Waals surface area contributed by atoms with Gasteiger partial charge in [-0.3, -0.25) is 0 Å². The molecule has 0 aromatic heterocycles. The van der Waals surface area contributed by atoms with Gasteiger partial charge in [0, 0.05) is 0 Å². The summed E-state index contributed by atoms with van der Waals surface area (Å²) in [4.78, 5) is 12.3. The first-order valence-electron chi connectivity index (χ1n) is 6.67. The van der Waals surface area contributed by atoms with Crippen LogP contribution in [0.4, 0.5) is 14.9 Å². The maximum atomic E-state index is 13.5. The molecule has 0 spiro atoms. The Hall–Kier alpha value is -1.69. The van der Waals surface area contributed by atoms with Crippen molar-refractivity contribution >= 4 is 28.9 Å². The van der Waals surface area contributed by atoms with E-state index in [0.717, 1.165) is 32.1 Å². The second kappa shape index (κ2) is 6.17. The number of nitrogens with one attached hydrogen (secondary N) is 2. The fourth-order valence-electron chi connectivity index (χ4n) is 2.52. The molecular formula is C14H18FN3OS. The van der Waals surface area contributed by atoms with Crippen LogP contribution in [0.5, 0.6) is 0 Å². The van der Waals surface area contributed by atoms with Crippen molar-refractivity contribution in [1.29, 1.82) is 0 Å². The molecule has 0 saturated heterocycles. The zero-order valence-electron chi connectivity index (χ0n) is 11.1. The predicted molar refractivity (Wildman–Crippen MR) is 81.2 cm³/mol. The van der Waals surface area contributed by atoms with E-state index in [4.69, 9.17) is 18.0 Å². The summed E-state index contributed by atoms with van der Waals surface area (Å²) < 4.78 is 13.5. The van der Waals surface area contributed by atoms with Crippen molar-refractivity contribution in [1.82, 2.24) is 5.32 Å². The van der Waals surface area contributed by atoms with Crippen molar-refractivity contribution < 1.29 is 9.18 Å². The average Bonchev–Trinajstić information content (AvgIpc) is 2.42. The minimum absolute atomic E-state index is 0.138. The maximum absolute atomic E-state index is 13.5. The molecule has 4 N–H and O–H groups in total. The Labute approximate surface area is 122 Å². The van der Waals surface area contributed by atoms with Gasteiger partial charge < -0.3 is 16.4 Å². The largest absolute Gasteiger partial charge is 0.391 e. The van der Waals surface area contributed by atoms with E-state index in [2.05, 4.69) is 10.6 Å². The number of para-hydroxylation sites is 1. The van der Waals surface area contributed by atoms with E-state index < -0.39 is 17.4 Å². The van der Waals surface area contributed by atoms with Gasteiger partial charge >= 0.3 is 6.03 Å². The van der Waals surface area contributed by atoms with Gasteiger partial charge in [0.25, 0.3) is 0 Å². The maximum Gasteiger partial charge on any atom is 0.320 e. The molecule has 0 bridgehead atoms. The summed E-state index contributed by atoms with van der Waals surface area (Å²) in [6.45, 7) is 0. The molecule has 108 valence electrons. The van der Waals surface area contributed by atoms with Gasteiger partial charge in [-0.05, 0) is 25.0 Å². The van der Waals surface area contributed by atoms with Crippen LogP contribution in [0.3, 0.4) is 0 Å². The monoisotopic (exact) mass is 295 g/mol. The van der Waals surface area contributed by atoms with E-state index in [1.54, 1.807) is 12.1 Å². The van der Waals surface area contributed by atoms with Gasteiger partial charge in [0.2, 0.25) is 0 Å². The summed E-state index contributed by atoms with van der Waals surface area (Å²) in [7, 11) is 0. The highest BCUT2D eigenvalue weighted by Crippen LogP contribution is 2.28. The lowest BCUT2D eigenvalue weighted by atomic mass is 9.81. The second-order valence-electron chi connectivity index (χ2n) is 5.07. The number of rotatable bonds is 3. The molecule has 0 unspecified atom stereocenters. The van der Waals surface area contributed by atoms with Gasteiger partial charge in [0.15, 0.2) is 0 Å². The molecule has 20 heavy (non-hydrogen) atoms. The number of carbonyl (C=O) groups excluding carboxylic acids is 1. The third-order valence-corrected chi connectivity index (χ3v) is 4.04. The number of amides is 2. The van der Waals surface area contributed by atoms with Gasteiger partial charge in [-0.1, -0.05) is 43.6 Å². The number of nitrogens with two attached hydrogens (primary N) is 1. The first kappa shape index (κ1) is 14.7. The van der Waals surface area contributed by atoms with E-state index in [9.17, 15) is 9.18 Å². The number of benzene rings is 1. The van der Waals surface area contributed by atoms with Crippen molar-refractivity contribution in [2.45, 2.75) is 37.6 Å². The lowest BCUT2D eigenvalue weighted by molar-refractivity contribution is 0.236. The molecule has 6 heteroatoms. The highest BCUT2D eigenvalue weighted by molar-refractivity contribution is 7.80. The number of halogens is 1. The molecule has 1 aromatic rings. The lowest BCUT2D eigenvalue weighted by Crippen LogP contribution is -2.58. The van der Waals surface area contributed by atoms with Crippen molar-refractivity contribution in [3.05, 3.63) is 30.1 Å². The third-order valence-electron chi connectivity index (χ3n) is 3.65. The van der Waals surface area contributed by atoms with Crippen molar-refractivity contribution in [2.24, 2.45) is 5.73 Å². The van der Waals surface area contributed by atoms with Crippen LogP contribution in [-0.2, 0) is 0 Å². The molecule has 0 radical (unpaired) electrons. The quantitative estimate of drug-likeness (QED) is 0.751. The van der Waals surface area contributed by atoms with Gasteiger partial charge in [-0.2, -0.15) is 0 Å². The number of anilines is 1. The molecule has 4 nitrogen and oxygen atoms in total. The Morgan fingerprint density at radius 3 is 2.50 bits per heavy atom. The number of urea groups is 1. The van der Waals surface area contributed by atoms with E-state index in [0.29, 0.717) is 4.99 Å². The second-order valence-corrected chi connectivity index (χ2v) is 5.51. The molecule has 1 aliphatic carbocycles. The molecule has 1 aromatic carbocycles. The number of hydrogen-bond donors (Lipinski definition) is 3. The molecule has 0 atom stereocenters. The minimum Gasteiger partial charge on any atom is -0.391 e. The zero-order valence-corrected chi connectivity index (χ0v) is 11.9. The summed E-state index contributed by atoms with van der Waals surface area (Å²) in [6, 6.07) is 5.53. The summed E-state index contributed by atoms with van der Waals surface area (Å²) in [5, 5.41) is 5.32. The smallest absolute Gasteiger partial charge is 0.320 e. The molecule has 1 fully saturated rings. The molecular weight excluding hydrogens is 277 g/mol. The number of carbonyl (C=O) groups is 1. The first-order chi connectivity index (χ1) is 9.53. The lowest BCUT2D eigenvalue weighted by Gasteiger charge is -2.37. The third kappa shape index (κ3) is 3.25.